The molecule has 0 saturated carbocycles. The second-order valence-corrected chi connectivity index (χ2v) is 6.75. The van der Waals surface area contributed by atoms with Gasteiger partial charge in [0.05, 0.1) is 11.4 Å². The maximum absolute atomic E-state index is 12.8. The van der Waals surface area contributed by atoms with E-state index in [1.807, 2.05) is 13.8 Å². The van der Waals surface area contributed by atoms with Gasteiger partial charge in [0.15, 0.2) is 5.82 Å². The molecule has 12 heteroatoms. The van der Waals surface area contributed by atoms with Crippen molar-refractivity contribution in [2.75, 3.05) is 5.32 Å². The quantitative estimate of drug-likeness (QED) is 0.676. The Labute approximate surface area is 157 Å². The Bertz CT molecular complexity index is 976. The molecular weight excluding hydrogens is 385 g/mol. The van der Waals surface area contributed by atoms with Gasteiger partial charge in [-0.25, -0.2) is 15.0 Å². The van der Waals surface area contributed by atoms with Crippen molar-refractivity contribution >= 4 is 23.2 Å². The number of nitrogens with zero attached hydrogens (tertiary/aromatic N) is 7. The predicted octanol–water partition coefficient (Wildman–Crippen LogP) is 3.31. The summed E-state index contributed by atoms with van der Waals surface area (Å²) in [6.07, 6.45) is -0.708. The average molecular weight is 401 g/mol. The van der Waals surface area contributed by atoms with E-state index >= 15 is 0 Å². The number of aromatic nitrogens is 7. The zero-order chi connectivity index (χ0) is 20.0. The van der Waals surface area contributed by atoms with Crippen LogP contribution < -0.4 is 5.32 Å². The van der Waals surface area contributed by atoms with E-state index in [9.17, 15) is 13.2 Å². The smallest absolute Gasteiger partial charge is 0.321 e. The summed E-state index contributed by atoms with van der Waals surface area (Å²) in [7, 11) is 1.76. The second-order valence-electron chi connectivity index (χ2n) is 6.39. The van der Waals surface area contributed by atoms with Crippen molar-refractivity contribution in [3.8, 4) is 0 Å². The molecule has 0 aromatic carbocycles. The van der Waals surface area contributed by atoms with Crippen molar-refractivity contribution in [3.63, 3.8) is 0 Å². The van der Waals surface area contributed by atoms with Gasteiger partial charge in [0.1, 0.15) is 22.6 Å². The summed E-state index contributed by atoms with van der Waals surface area (Å²) in [5, 5.41) is 10.9. The molecule has 3 aromatic rings. The van der Waals surface area contributed by atoms with Gasteiger partial charge in [-0.2, -0.15) is 23.4 Å². The van der Waals surface area contributed by atoms with Gasteiger partial charge in [-0.15, -0.1) is 0 Å². The van der Waals surface area contributed by atoms with E-state index < -0.39 is 22.4 Å². The lowest BCUT2D eigenvalue weighted by molar-refractivity contribution is -0.137. The first-order valence-electron chi connectivity index (χ1n) is 7.78. The molecule has 0 fully saturated rings. The summed E-state index contributed by atoms with van der Waals surface area (Å²) in [6, 6.07) is 0. The molecule has 0 unspecified atom stereocenters. The Morgan fingerprint density at radius 3 is 2.41 bits per heavy atom. The van der Waals surface area contributed by atoms with Crippen molar-refractivity contribution in [1.82, 2.24) is 34.5 Å². The van der Waals surface area contributed by atoms with Gasteiger partial charge in [0.25, 0.3) is 0 Å². The molecule has 0 aliphatic heterocycles. The van der Waals surface area contributed by atoms with E-state index in [4.69, 9.17) is 11.6 Å². The summed E-state index contributed by atoms with van der Waals surface area (Å²) < 4.78 is 41.5. The molecule has 1 N–H and O–H groups in total. The molecule has 144 valence electrons. The second kappa shape index (κ2) is 6.48. The highest BCUT2D eigenvalue weighted by atomic mass is 35.5. The van der Waals surface area contributed by atoms with Crippen LogP contribution in [0.4, 0.5) is 24.8 Å². The first-order chi connectivity index (χ1) is 12.5. The van der Waals surface area contributed by atoms with Crippen molar-refractivity contribution in [2.24, 2.45) is 7.05 Å². The third kappa shape index (κ3) is 3.72. The Morgan fingerprint density at radius 1 is 1.15 bits per heavy atom. The number of anilines is 2. The molecule has 3 aromatic heterocycles. The summed E-state index contributed by atoms with van der Waals surface area (Å²) in [5.41, 5.74) is -0.622. The topological polar surface area (TPSA) is 86.3 Å². The summed E-state index contributed by atoms with van der Waals surface area (Å²) in [5.74, 6) is 0.497. The lowest BCUT2D eigenvalue weighted by atomic mass is 10.1. The Morgan fingerprint density at radius 2 is 1.85 bits per heavy atom. The largest absolute Gasteiger partial charge is 0.420 e. The van der Waals surface area contributed by atoms with Crippen LogP contribution in [0.2, 0.25) is 5.15 Å². The zero-order valence-corrected chi connectivity index (χ0v) is 15.6. The SMILES string of the molecule is Cc1nn(C(C)(C)c2ncn(C)n2)cc1Nc1ncc(C(F)(F)F)c(Cl)n1. The van der Waals surface area contributed by atoms with Gasteiger partial charge in [0.2, 0.25) is 5.95 Å². The normalized spacial score (nSPS) is 12.4. The first-order valence-corrected chi connectivity index (χ1v) is 8.16. The molecule has 0 spiro atoms. The van der Waals surface area contributed by atoms with Gasteiger partial charge < -0.3 is 5.32 Å². The fourth-order valence-electron chi connectivity index (χ4n) is 2.32. The van der Waals surface area contributed by atoms with E-state index in [2.05, 4.69) is 30.5 Å². The van der Waals surface area contributed by atoms with Crippen LogP contribution in [0.25, 0.3) is 0 Å². The maximum Gasteiger partial charge on any atom is 0.420 e. The molecule has 8 nitrogen and oxygen atoms in total. The Balaban J connectivity index is 1.88. The lowest BCUT2D eigenvalue weighted by Gasteiger charge is -2.21. The highest BCUT2D eigenvalue weighted by Crippen LogP contribution is 2.34. The number of nitrogens with one attached hydrogen (secondary N) is 1. The monoisotopic (exact) mass is 400 g/mol. The number of halogens is 4. The van der Waals surface area contributed by atoms with E-state index in [0.29, 0.717) is 23.4 Å². The van der Waals surface area contributed by atoms with Crippen LogP contribution in [-0.4, -0.2) is 34.5 Å². The lowest BCUT2D eigenvalue weighted by Crippen LogP contribution is -2.30. The number of hydrogen-bond donors (Lipinski definition) is 1. The Hall–Kier alpha value is -2.69. The summed E-state index contributed by atoms with van der Waals surface area (Å²) in [6.45, 7) is 5.53. The van der Waals surface area contributed by atoms with Gasteiger partial charge in [-0.05, 0) is 20.8 Å². The molecule has 0 saturated heterocycles. The maximum atomic E-state index is 12.8. The average Bonchev–Trinajstić information content (AvgIpc) is 3.13. The van der Waals surface area contributed by atoms with Crippen LogP contribution in [-0.2, 0) is 18.8 Å². The fourth-order valence-corrected chi connectivity index (χ4v) is 2.56. The molecule has 0 atom stereocenters. The minimum Gasteiger partial charge on any atom is -0.321 e. The van der Waals surface area contributed by atoms with Crippen LogP contribution in [0.3, 0.4) is 0 Å². The van der Waals surface area contributed by atoms with Gasteiger partial charge in [-0.1, -0.05) is 11.6 Å². The minimum atomic E-state index is -4.61. The predicted molar refractivity (Wildman–Crippen MR) is 91.7 cm³/mol. The van der Waals surface area contributed by atoms with Gasteiger partial charge in [-0.3, -0.25) is 9.36 Å². The molecule has 0 bridgehead atoms. The van der Waals surface area contributed by atoms with Crippen molar-refractivity contribution in [1.29, 1.82) is 0 Å². The zero-order valence-electron chi connectivity index (χ0n) is 14.9. The molecule has 3 rings (SSSR count). The van der Waals surface area contributed by atoms with Crippen molar-refractivity contribution in [3.05, 3.63) is 41.0 Å². The third-order valence-corrected chi connectivity index (χ3v) is 4.20. The van der Waals surface area contributed by atoms with E-state index in [0.717, 1.165) is 0 Å². The number of hydrogen-bond acceptors (Lipinski definition) is 6. The highest BCUT2D eigenvalue weighted by Gasteiger charge is 2.35. The highest BCUT2D eigenvalue weighted by molar-refractivity contribution is 6.30. The summed E-state index contributed by atoms with van der Waals surface area (Å²) >= 11 is 5.63. The van der Waals surface area contributed by atoms with Crippen LogP contribution >= 0.6 is 11.6 Å². The molecule has 0 amide bonds. The molecule has 0 aliphatic rings. The standard InChI is InChI=1S/C15H16ClF3N8/c1-8-10(22-13-20-5-9(11(16)23-13)15(17,18)19)6-27(24-8)14(2,3)12-21-7-26(4)25-12/h5-7H,1-4H3,(H,20,22,23). The third-order valence-electron chi connectivity index (χ3n) is 3.91. The van der Waals surface area contributed by atoms with Crippen LogP contribution in [0, 0.1) is 6.92 Å². The van der Waals surface area contributed by atoms with Crippen LogP contribution in [0.5, 0.6) is 0 Å². The number of aryl methyl sites for hydroxylation is 2. The van der Waals surface area contributed by atoms with Crippen LogP contribution in [0.1, 0.15) is 30.9 Å². The molecule has 3 heterocycles. The van der Waals surface area contributed by atoms with Gasteiger partial charge in [0, 0.05) is 19.4 Å². The number of alkyl halides is 3. The fraction of sp³-hybridized carbons (Fsp3) is 0.400. The molecule has 27 heavy (non-hydrogen) atoms. The van der Waals surface area contributed by atoms with Crippen LogP contribution in [0.15, 0.2) is 18.7 Å². The van der Waals surface area contributed by atoms with E-state index in [-0.39, 0.29) is 5.95 Å². The molecule has 0 radical (unpaired) electrons. The van der Waals surface area contributed by atoms with Gasteiger partial charge >= 0.3 is 6.18 Å². The number of rotatable bonds is 4. The molecular formula is C15H16ClF3N8. The van der Waals surface area contributed by atoms with E-state index in [1.54, 1.807) is 35.9 Å². The van der Waals surface area contributed by atoms with Crippen molar-refractivity contribution in [2.45, 2.75) is 32.5 Å². The first kappa shape index (κ1) is 19.1. The minimum absolute atomic E-state index is 0.0654. The van der Waals surface area contributed by atoms with Crippen molar-refractivity contribution < 1.29 is 13.2 Å². The van der Waals surface area contributed by atoms with E-state index in [1.165, 1.54) is 0 Å². The Kier molecular flexibility index (Phi) is 4.58. The summed E-state index contributed by atoms with van der Waals surface area (Å²) in [4.78, 5) is 11.6. The molecule has 0 aliphatic carbocycles.